The highest BCUT2D eigenvalue weighted by Crippen LogP contribution is 2.31. The van der Waals surface area contributed by atoms with Crippen LogP contribution in [0.25, 0.3) is 0 Å². The van der Waals surface area contributed by atoms with E-state index in [9.17, 15) is 19.6 Å². The predicted molar refractivity (Wildman–Crippen MR) is 78.2 cm³/mol. The minimum absolute atomic E-state index is 0.0144. The van der Waals surface area contributed by atoms with Crippen molar-refractivity contribution in [1.82, 2.24) is 0 Å². The van der Waals surface area contributed by atoms with E-state index in [4.69, 9.17) is 11.6 Å². The van der Waals surface area contributed by atoms with Crippen molar-refractivity contribution in [2.75, 3.05) is 5.32 Å². The molecule has 0 fully saturated rings. The molecule has 0 heterocycles. The van der Waals surface area contributed by atoms with E-state index in [0.717, 1.165) is 6.07 Å². The third kappa shape index (κ3) is 3.41. The number of aromatic hydroxyl groups is 1. The van der Waals surface area contributed by atoms with Crippen LogP contribution >= 0.6 is 11.6 Å². The van der Waals surface area contributed by atoms with Gasteiger partial charge in [0.1, 0.15) is 16.6 Å². The first-order valence-corrected chi connectivity index (χ1v) is 6.45. The van der Waals surface area contributed by atoms with Gasteiger partial charge in [-0.25, -0.2) is 4.39 Å². The van der Waals surface area contributed by atoms with E-state index in [0.29, 0.717) is 11.3 Å². The second-order valence-corrected chi connectivity index (χ2v) is 4.90. The van der Waals surface area contributed by atoms with Crippen molar-refractivity contribution in [2.24, 2.45) is 0 Å². The molecule has 0 spiro atoms. The number of nitro groups is 1. The van der Waals surface area contributed by atoms with Gasteiger partial charge in [-0.1, -0.05) is 17.7 Å². The Kier molecular flexibility index (Phi) is 4.28. The van der Waals surface area contributed by atoms with Crippen LogP contribution in [0.5, 0.6) is 5.75 Å². The van der Waals surface area contributed by atoms with E-state index in [2.05, 4.69) is 5.32 Å². The fourth-order valence-corrected chi connectivity index (χ4v) is 2.21. The molecule has 0 aliphatic carbocycles. The van der Waals surface area contributed by atoms with Crippen LogP contribution in [0.15, 0.2) is 36.4 Å². The van der Waals surface area contributed by atoms with E-state index in [-0.39, 0.29) is 22.5 Å². The molecule has 21 heavy (non-hydrogen) atoms. The molecule has 0 bridgehead atoms. The van der Waals surface area contributed by atoms with Crippen molar-refractivity contribution in [2.45, 2.75) is 13.0 Å². The van der Waals surface area contributed by atoms with Gasteiger partial charge in [-0.3, -0.25) is 10.1 Å². The molecule has 5 nitrogen and oxygen atoms in total. The summed E-state index contributed by atoms with van der Waals surface area (Å²) in [5.74, 6) is -0.690. The third-order valence-electron chi connectivity index (χ3n) is 2.99. The van der Waals surface area contributed by atoms with Crippen molar-refractivity contribution in [1.29, 1.82) is 0 Å². The lowest BCUT2D eigenvalue weighted by molar-refractivity contribution is -0.384. The highest BCUT2D eigenvalue weighted by molar-refractivity contribution is 6.32. The van der Waals surface area contributed by atoms with Gasteiger partial charge in [-0.05, 0) is 25.1 Å². The zero-order valence-electron chi connectivity index (χ0n) is 11.0. The van der Waals surface area contributed by atoms with Gasteiger partial charge in [0.05, 0.1) is 11.0 Å². The Labute approximate surface area is 125 Å². The molecule has 0 radical (unpaired) electrons. The van der Waals surface area contributed by atoms with E-state index in [1.54, 1.807) is 6.92 Å². The Morgan fingerprint density at radius 2 is 2.05 bits per heavy atom. The Morgan fingerprint density at radius 1 is 1.33 bits per heavy atom. The lowest BCUT2D eigenvalue weighted by atomic mass is 10.1. The van der Waals surface area contributed by atoms with Gasteiger partial charge in [0.2, 0.25) is 0 Å². The minimum Gasteiger partial charge on any atom is -0.507 e. The van der Waals surface area contributed by atoms with Crippen molar-refractivity contribution < 1.29 is 14.4 Å². The van der Waals surface area contributed by atoms with Crippen LogP contribution in [-0.2, 0) is 0 Å². The molecule has 110 valence electrons. The van der Waals surface area contributed by atoms with Crippen molar-refractivity contribution in [3.8, 4) is 5.75 Å². The smallest absolute Gasteiger partial charge is 0.288 e. The van der Waals surface area contributed by atoms with Crippen molar-refractivity contribution in [3.63, 3.8) is 0 Å². The van der Waals surface area contributed by atoms with Crippen LogP contribution in [0.3, 0.4) is 0 Å². The van der Waals surface area contributed by atoms with Crippen LogP contribution < -0.4 is 5.32 Å². The van der Waals surface area contributed by atoms with Crippen LogP contribution in [0.4, 0.5) is 15.8 Å². The quantitative estimate of drug-likeness (QED) is 0.653. The molecule has 0 amide bonds. The molecule has 7 heteroatoms. The zero-order chi connectivity index (χ0) is 15.6. The molecule has 1 unspecified atom stereocenters. The predicted octanol–water partition coefficient (Wildman–Crippen LogP) is 4.27. The van der Waals surface area contributed by atoms with Crippen LogP contribution in [0, 0.1) is 15.9 Å². The summed E-state index contributed by atoms with van der Waals surface area (Å²) < 4.78 is 12.9. The molecule has 2 aromatic carbocycles. The third-order valence-corrected chi connectivity index (χ3v) is 3.29. The van der Waals surface area contributed by atoms with Crippen molar-refractivity contribution >= 4 is 23.0 Å². The maximum absolute atomic E-state index is 12.9. The van der Waals surface area contributed by atoms with Gasteiger partial charge in [-0.15, -0.1) is 0 Å². The number of nitrogens with one attached hydrogen (secondary N) is 1. The van der Waals surface area contributed by atoms with Crippen LogP contribution in [0.1, 0.15) is 18.5 Å². The SMILES string of the molecule is CC(Nc1ccc([N+](=O)[O-])c(Cl)c1)c1ccc(F)cc1O. The highest BCUT2D eigenvalue weighted by Gasteiger charge is 2.15. The van der Waals surface area contributed by atoms with Gasteiger partial charge >= 0.3 is 0 Å². The average molecular weight is 311 g/mol. The largest absolute Gasteiger partial charge is 0.507 e. The molecule has 0 aliphatic rings. The number of nitrogens with zero attached hydrogens (tertiary/aromatic N) is 1. The van der Waals surface area contributed by atoms with E-state index in [1.165, 1.54) is 30.3 Å². The molecule has 2 aromatic rings. The number of anilines is 1. The van der Waals surface area contributed by atoms with E-state index >= 15 is 0 Å². The number of rotatable bonds is 4. The summed E-state index contributed by atoms with van der Waals surface area (Å²) >= 11 is 5.83. The summed E-state index contributed by atoms with van der Waals surface area (Å²) in [5.41, 5.74) is 0.882. The maximum atomic E-state index is 12.9. The summed E-state index contributed by atoms with van der Waals surface area (Å²) in [6, 6.07) is 7.64. The van der Waals surface area contributed by atoms with Gasteiger partial charge < -0.3 is 10.4 Å². The van der Waals surface area contributed by atoms with Gasteiger partial charge in [0.25, 0.3) is 5.69 Å². The van der Waals surface area contributed by atoms with Gasteiger partial charge in [-0.2, -0.15) is 0 Å². The zero-order valence-corrected chi connectivity index (χ0v) is 11.8. The highest BCUT2D eigenvalue weighted by atomic mass is 35.5. The normalized spacial score (nSPS) is 12.0. The first kappa shape index (κ1) is 15.1. The number of nitro benzene ring substituents is 1. The summed E-state index contributed by atoms with van der Waals surface area (Å²) in [6.45, 7) is 1.77. The maximum Gasteiger partial charge on any atom is 0.288 e. The lowest BCUT2D eigenvalue weighted by Gasteiger charge is -2.17. The molecule has 0 saturated carbocycles. The molecular formula is C14H12ClFN2O3. The van der Waals surface area contributed by atoms with E-state index in [1.807, 2.05) is 0 Å². The molecule has 0 aliphatic heterocycles. The molecule has 0 aromatic heterocycles. The molecule has 1 atom stereocenters. The van der Waals surface area contributed by atoms with Gasteiger partial charge in [0.15, 0.2) is 0 Å². The van der Waals surface area contributed by atoms with Crippen molar-refractivity contribution in [3.05, 3.63) is 62.9 Å². The number of halogens is 2. The summed E-state index contributed by atoms with van der Waals surface area (Å²) in [7, 11) is 0. The Balaban J connectivity index is 2.21. The molecule has 0 saturated heterocycles. The first-order valence-electron chi connectivity index (χ1n) is 6.07. The molecule has 2 rings (SSSR count). The van der Waals surface area contributed by atoms with Crippen LogP contribution in [0.2, 0.25) is 5.02 Å². The number of phenolic OH excluding ortho intramolecular Hbond substituents is 1. The number of benzene rings is 2. The standard InChI is InChI=1S/C14H12ClFN2O3/c1-8(11-4-2-9(16)6-14(11)19)17-10-3-5-13(18(20)21)12(15)7-10/h2-8,17,19H,1H3. The molecule has 2 N–H and O–H groups in total. The second-order valence-electron chi connectivity index (χ2n) is 4.49. The lowest BCUT2D eigenvalue weighted by Crippen LogP contribution is -2.07. The van der Waals surface area contributed by atoms with E-state index < -0.39 is 10.7 Å². The number of hydrogen-bond donors (Lipinski definition) is 2. The Bertz CT molecular complexity index is 694. The van der Waals surface area contributed by atoms with Crippen LogP contribution in [-0.4, -0.2) is 10.0 Å². The summed E-state index contributed by atoms with van der Waals surface area (Å²) in [6.07, 6.45) is 0. The Hall–Kier alpha value is -2.34. The minimum atomic E-state index is -0.568. The number of hydrogen-bond acceptors (Lipinski definition) is 4. The fraction of sp³-hybridized carbons (Fsp3) is 0.143. The summed E-state index contributed by atoms with van der Waals surface area (Å²) in [5, 5.41) is 23.5. The monoisotopic (exact) mass is 310 g/mol. The molecular weight excluding hydrogens is 299 g/mol. The Morgan fingerprint density at radius 3 is 2.62 bits per heavy atom. The number of phenols is 1. The topological polar surface area (TPSA) is 75.4 Å². The average Bonchev–Trinajstić information content (AvgIpc) is 2.37. The fourth-order valence-electron chi connectivity index (χ4n) is 1.96. The summed E-state index contributed by atoms with van der Waals surface area (Å²) in [4.78, 5) is 10.1. The first-order chi connectivity index (χ1) is 9.88. The second kappa shape index (κ2) is 5.97. The van der Waals surface area contributed by atoms with Gasteiger partial charge in [0, 0.05) is 23.4 Å².